The largest absolute Gasteiger partial charge is 0.484 e. The van der Waals surface area contributed by atoms with E-state index < -0.39 is 0 Å². The van der Waals surface area contributed by atoms with Crippen LogP contribution >= 0.6 is 0 Å². The number of hydrogen-bond donors (Lipinski definition) is 0. The monoisotopic (exact) mass is 246 g/mol. The average Bonchev–Trinajstić information content (AvgIpc) is 2.56. The van der Waals surface area contributed by atoms with Crippen molar-refractivity contribution in [1.29, 1.82) is 0 Å². The Morgan fingerprint density at radius 2 is 1.61 bits per heavy atom. The lowest BCUT2D eigenvalue weighted by Crippen LogP contribution is -2.17. The van der Waals surface area contributed by atoms with Crippen molar-refractivity contribution in [2.75, 3.05) is 6.61 Å². The van der Waals surface area contributed by atoms with Gasteiger partial charge in [0.1, 0.15) is 5.75 Å². The van der Waals surface area contributed by atoms with Crippen molar-refractivity contribution >= 4 is 5.78 Å². The Morgan fingerprint density at radius 3 is 2.11 bits per heavy atom. The Labute approximate surface area is 109 Å². The molecule has 1 aliphatic heterocycles. The number of benzene rings is 1. The van der Waals surface area contributed by atoms with Gasteiger partial charge in [-0.3, -0.25) is 4.79 Å². The maximum Gasteiger partial charge on any atom is 0.203 e. The number of carbonyl (C=O) groups excluding carboxylic acids is 1. The minimum Gasteiger partial charge on any atom is -0.484 e. The molecule has 0 saturated carbocycles. The number of rotatable bonds is 0. The van der Waals surface area contributed by atoms with Gasteiger partial charge in [-0.05, 0) is 22.5 Å². The number of fused-ring (bicyclic) bond motifs is 1. The van der Waals surface area contributed by atoms with Crippen molar-refractivity contribution in [2.45, 2.75) is 52.4 Å². The summed E-state index contributed by atoms with van der Waals surface area (Å²) in [5.74, 6) is 0.891. The fraction of sp³-hybridized carbons (Fsp3) is 0.562. The van der Waals surface area contributed by atoms with Gasteiger partial charge in [0.25, 0.3) is 0 Å². The third-order valence-electron chi connectivity index (χ3n) is 3.41. The van der Waals surface area contributed by atoms with Crippen LogP contribution in [0.25, 0.3) is 0 Å². The quantitative estimate of drug-likeness (QED) is 0.695. The molecule has 1 aromatic carbocycles. The summed E-state index contributed by atoms with van der Waals surface area (Å²) in [6.45, 7) is 13.2. The van der Waals surface area contributed by atoms with E-state index in [0.29, 0.717) is 0 Å². The fourth-order valence-corrected chi connectivity index (χ4v) is 2.20. The van der Waals surface area contributed by atoms with Crippen LogP contribution in [-0.4, -0.2) is 12.4 Å². The summed E-state index contributed by atoms with van der Waals surface area (Å²) in [7, 11) is 0. The van der Waals surface area contributed by atoms with E-state index in [4.69, 9.17) is 4.74 Å². The van der Waals surface area contributed by atoms with Crippen LogP contribution in [0.5, 0.6) is 5.75 Å². The van der Waals surface area contributed by atoms with Gasteiger partial charge in [-0.1, -0.05) is 47.6 Å². The molecule has 1 heterocycles. The van der Waals surface area contributed by atoms with Crippen molar-refractivity contribution in [3.8, 4) is 5.75 Å². The summed E-state index contributed by atoms with van der Waals surface area (Å²) in [4.78, 5) is 11.9. The molecule has 0 fully saturated rings. The average molecular weight is 246 g/mol. The van der Waals surface area contributed by atoms with E-state index >= 15 is 0 Å². The molecule has 98 valence electrons. The Bertz CT molecular complexity index is 499. The minimum absolute atomic E-state index is 0.0179. The maximum atomic E-state index is 11.9. The molecule has 18 heavy (non-hydrogen) atoms. The lowest BCUT2D eigenvalue weighted by molar-refractivity contribution is 0.0960. The molecule has 2 nitrogen and oxygen atoms in total. The Morgan fingerprint density at radius 1 is 1.00 bits per heavy atom. The molecule has 0 aliphatic carbocycles. The van der Waals surface area contributed by atoms with Crippen molar-refractivity contribution in [3.05, 3.63) is 28.8 Å². The lowest BCUT2D eigenvalue weighted by atomic mass is 9.79. The SMILES string of the molecule is CC(C)(C)c1cc2c(c(C(C)(C)C)c1)OCC2=O. The highest BCUT2D eigenvalue weighted by Gasteiger charge is 2.31. The maximum absolute atomic E-state index is 11.9. The third kappa shape index (κ3) is 2.16. The molecule has 0 radical (unpaired) electrons. The molecular formula is C16H22O2. The highest BCUT2D eigenvalue weighted by atomic mass is 16.5. The zero-order chi connectivity index (χ0) is 13.7. The van der Waals surface area contributed by atoms with Crippen LogP contribution in [0, 0.1) is 0 Å². The number of ether oxygens (including phenoxy) is 1. The van der Waals surface area contributed by atoms with E-state index in [1.165, 1.54) is 5.56 Å². The molecule has 2 rings (SSSR count). The molecule has 0 atom stereocenters. The third-order valence-corrected chi connectivity index (χ3v) is 3.41. The summed E-state index contributed by atoms with van der Waals surface area (Å²) in [6.07, 6.45) is 0. The number of Topliss-reactive ketones (excluding diaryl/α,β-unsaturated/α-hetero) is 1. The molecular weight excluding hydrogens is 224 g/mol. The van der Waals surface area contributed by atoms with Crippen molar-refractivity contribution < 1.29 is 9.53 Å². The number of carbonyl (C=O) groups is 1. The Kier molecular flexibility index (Phi) is 2.80. The molecule has 1 aromatic rings. The molecule has 0 unspecified atom stereocenters. The van der Waals surface area contributed by atoms with Crippen LogP contribution < -0.4 is 4.74 Å². The molecule has 0 bridgehead atoms. The highest BCUT2D eigenvalue weighted by Crippen LogP contribution is 2.40. The zero-order valence-electron chi connectivity index (χ0n) is 12.2. The van der Waals surface area contributed by atoms with Crippen LogP contribution in [0.3, 0.4) is 0 Å². The van der Waals surface area contributed by atoms with E-state index in [-0.39, 0.29) is 23.2 Å². The van der Waals surface area contributed by atoms with Gasteiger partial charge in [-0.25, -0.2) is 0 Å². The van der Waals surface area contributed by atoms with Crippen LogP contribution in [0.4, 0.5) is 0 Å². The standard InChI is InChI=1S/C16H22O2/c1-15(2,3)10-7-11-13(17)9-18-14(11)12(8-10)16(4,5)6/h7-8H,9H2,1-6H3. The fourth-order valence-electron chi connectivity index (χ4n) is 2.20. The summed E-state index contributed by atoms with van der Waals surface area (Å²) in [6, 6.07) is 4.19. The first-order chi connectivity index (χ1) is 8.10. The van der Waals surface area contributed by atoms with Crippen LogP contribution in [0.15, 0.2) is 12.1 Å². The highest BCUT2D eigenvalue weighted by molar-refractivity contribution is 6.03. The first-order valence-corrected chi connectivity index (χ1v) is 6.46. The summed E-state index contributed by atoms with van der Waals surface area (Å²) >= 11 is 0. The van der Waals surface area contributed by atoms with E-state index in [9.17, 15) is 4.79 Å². The Hall–Kier alpha value is -1.31. The van der Waals surface area contributed by atoms with Gasteiger partial charge >= 0.3 is 0 Å². The topological polar surface area (TPSA) is 26.3 Å². The second-order valence-electron chi connectivity index (χ2n) is 7.11. The molecule has 1 aliphatic rings. The van der Waals surface area contributed by atoms with Gasteiger partial charge in [0.15, 0.2) is 6.61 Å². The first-order valence-electron chi connectivity index (χ1n) is 6.46. The zero-order valence-corrected chi connectivity index (χ0v) is 12.2. The van der Waals surface area contributed by atoms with Gasteiger partial charge in [-0.15, -0.1) is 0 Å². The van der Waals surface area contributed by atoms with Gasteiger partial charge in [0.05, 0.1) is 5.56 Å². The number of ketones is 1. The van der Waals surface area contributed by atoms with Crippen LogP contribution in [-0.2, 0) is 10.8 Å². The van der Waals surface area contributed by atoms with Crippen LogP contribution in [0.1, 0.15) is 63.0 Å². The van der Waals surface area contributed by atoms with Crippen LogP contribution in [0.2, 0.25) is 0 Å². The predicted octanol–water partition coefficient (Wildman–Crippen LogP) is 3.86. The molecule has 2 heteroatoms. The molecule has 0 spiro atoms. The smallest absolute Gasteiger partial charge is 0.203 e. The van der Waals surface area contributed by atoms with E-state index in [2.05, 4.69) is 47.6 Å². The van der Waals surface area contributed by atoms with Gasteiger partial charge in [0, 0.05) is 5.56 Å². The predicted molar refractivity (Wildman–Crippen MR) is 73.7 cm³/mol. The van der Waals surface area contributed by atoms with Gasteiger partial charge in [0.2, 0.25) is 5.78 Å². The normalized spacial score (nSPS) is 15.6. The minimum atomic E-state index is -0.0179. The second kappa shape index (κ2) is 3.84. The van der Waals surface area contributed by atoms with E-state index in [1.807, 2.05) is 6.07 Å². The summed E-state index contributed by atoms with van der Waals surface area (Å²) in [5.41, 5.74) is 3.11. The molecule has 0 N–H and O–H groups in total. The Balaban J connectivity index is 2.71. The summed E-state index contributed by atoms with van der Waals surface area (Å²) in [5, 5.41) is 0. The molecule has 0 saturated heterocycles. The van der Waals surface area contributed by atoms with Gasteiger partial charge < -0.3 is 4.74 Å². The van der Waals surface area contributed by atoms with Crippen molar-refractivity contribution in [3.63, 3.8) is 0 Å². The summed E-state index contributed by atoms with van der Waals surface area (Å²) < 4.78 is 5.59. The molecule has 0 aromatic heterocycles. The van der Waals surface area contributed by atoms with Crippen molar-refractivity contribution in [2.24, 2.45) is 0 Å². The first kappa shape index (κ1) is 13.1. The molecule has 0 amide bonds. The van der Waals surface area contributed by atoms with Gasteiger partial charge in [-0.2, -0.15) is 0 Å². The van der Waals surface area contributed by atoms with E-state index in [0.717, 1.165) is 16.9 Å². The van der Waals surface area contributed by atoms with Crippen molar-refractivity contribution in [1.82, 2.24) is 0 Å². The van der Waals surface area contributed by atoms with E-state index in [1.54, 1.807) is 0 Å². The number of hydrogen-bond acceptors (Lipinski definition) is 2. The lowest BCUT2D eigenvalue weighted by Gasteiger charge is -2.26. The second-order valence-corrected chi connectivity index (χ2v) is 7.11.